The average Bonchev–Trinajstić information content (AvgIpc) is 2.18. The third kappa shape index (κ3) is 2.28. The summed E-state index contributed by atoms with van der Waals surface area (Å²) in [6.07, 6.45) is 4.13. The zero-order chi connectivity index (χ0) is 9.68. The van der Waals surface area contributed by atoms with Crippen LogP contribution in [0.4, 0.5) is 0 Å². The molecular weight excluding hydrogens is 164 g/mol. The second kappa shape index (κ2) is 4.60. The molecule has 0 saturated carbocycles. The molecule has 1 aromatic rings. The van der Waals surface area contributed by atoms with Gasteiger partial charge in [0.25, 0.3) is 0 Å². The summed E-state index contributed by atoms with van der Waals surface area (Å²) in [5, 5.41) is 11.4. The minimum absolute atomic E-state index is 0.446. The van der Waals surface area contributed by atoms with Gasteiger partial charge in [-0.2, -0.15) is 0 Å². The minimum Gasteiger partial charge on any atom is -0.411 e. The van der Waals surface area contributed by atoms with Gasteiger partial charge in [0.1, 0.15) is 0 Å². The first-order chi connectivity index (χ1) is 6.29. The molecule has 3 nitrogen and oxygen atoms in total. The third-order valence-electron chi connectivity index (χ3n) is 2.19. The molecular formula is C10H14N2O. The predicted octanol–water partition coefficient (Wildman–Crippen LogP) is 2.40. The molecule has 13 heavy (non-hydrogen) atoms. The molecule has 1 rings (SSSR count). The van der Waals surface area contributed by atoms with Gasteiger partial charge in [0, 0.05) is 6.20 Å². The van der Waals surface area contributed by atoms with Gasteiger partial charge in [-0.05, 0) is 24.0 Å². The lowest BCUT2D eigenvalue weighted by molar-refractivity contribution is 0.321. The van der Waals surface area contributed by atoms with Crippen molar-refractivity contribution in [2.24, 2.45) is 5.16 Å². The van der Waals surface area contributed by atoms with E-state index in [1.807, 2.05) is 12.1 Å². The van der Waals surface area contributed by atoms with Crippen LogP contribution in [0.25, 0.3) is 0 Å². The number of rotatable bonds is 3. The van der Waals surface area contributed by atoms with Crippen LogP contribution in [0.3, 0.4) is 0 Å². The van der Waals surface area contributed by atoms with Crippen LogP contribution in [0.2, 0.25) is 0 Å². The molecule has 0 fully saturated rings. The van der Waals surface area contributed by atoms with Crippen LogP contribution in [0.15, 0.2) is 23.5 Å². The fourth-order valence-corrected chi connectivity index (χ4v) is 1.23. The summed E-state index contributed by atoms with van der Waals surface area (Å²) in [6, 6.07) is 3.91. The fourth-order valence-electron chi connectivity index (χ4n) is 1.23. The highest BCUT2D eigenvalue weighted by Gasteiger charge is 2.07. The molecule has 0 aromatic carbocycles. The smallest absolute Gasteiger partial charge is 0.0921 e. The molecule has 1 N–H and O–H groups in total. The number of pyridine rings is 1. The van der Waals surface area contributed by atoms with E-state index in [1.54, 1.807) is 6.20 Å². The predicted molar refractivity (Wildman–Crippen MR) is 52.3 cm³/mol. The van der Waals surface area contributed by atoms with Gasteiger partial charge < -0.3 is 5.21 Å². The van der Waals surface area contributed by atoms with Gasteiger partial charge >= 0.3 is 0 Å². The van der Waals surface area contributed by atoms with Crippen molar-refractivity contribution in [2.75, 3.05) is 0 Å². The number of hydrogen-bond donors (Lipinski definition) is 1. The Hall–Kier alpha value is -1.38. The Morgan fingerprint density at radius 3 is 3.08 bits per heavy atom. The van der Waals surface area contributed by atoms with E-state index in [0.29, 0.717) is 5.92 Å². The van der Waals surface area contributed by atoms with E-state index in [-0.39, 0.29) is 0 Å². The Labute approximate surface area is 78.1 Å². The highest BCUT2D eigenvalue weighted by molar-refractivity contribution is 5.78. The largest absolute Gasteiger partial charge is 0.411 e. The quantitative estimate of drug-likeness (QED) is 0.439. The lowest BCUT2D eigenvalue weighted by Crippen LogP contribution is -2.00. The molecule has 1 atom stereocenters. The van der Waals surface area contributed by atoms with E-state index in [0.717, 1.165) is 17.7 Å². The van der Waals surface area contributed by atoms with Crippen LogP contribution in [-0.2, 0) is 0 Å². The van der Waals surface area contributed by atoms with Crippen molar-refractivity contribution in [3.05, 3.63) is 29.6 Å². The van der Waals surface area contributed by atoms with Crippen LogP contribution in [-0.4, -0.2) is 16.4 Å². The first-order valence-corrected chi connectivity index (χ1v) is 4.42. The summed E-state index contributed by atoms with van der Waals surface area (Å²) in [6.45, 7) is 4.25. The van der Waals surface area contributed by atoms with Crippen molar-refractivity contribution < 1.29 is 5.21 Å². The van der Waals surface area contributed by atoms with E-state index < -0.39 is 0 Å². The van der Waals surface area contributed by atoms with E-state index in [9.17, 15) is 0 Å². The van der Waals surface area contributed by atoms with Crippen molar-refractivity contribution in [3.63, 3.8) is 0 Å². The van der Waals surface area contributed by atoms with Crippen LogP contribution in [0.1, 0.15) is 37.4 Å². The van der Waals surface area contributed by atoms with Crippen molar-refractivity contribution in [3.8, 4) is 0 Å². The van der Waals surface area contributed by atoms with Crippen LogP contribution >= 0.6 is 0 Å². The fraction of sp³-hybridized carbons (Fsp3) is 0.400. The summed E-state index contributed by atoms with van der Waals surface area (Å²) in [4.78, 5) is 4.13. The van der Waals surface area contributed by atoms with Crippen molar-refractivity contribution in [1.29, 1.82) is 0 Å². The maximum absolute atomic E-state index is 8.43. The molecule has 0 spiro atoms. The lowest BCUT2D eigenvalue weighted by atomic mass is 9.97. The number of nitrogens with zero attached hydrogens (tertiary/aromatic N) is 2. The molecule has 0 aliphatic rings. The maximum atomic E-state index is 8.43. The van der Waals surface area contributed by atoms with Gasteiger partial charge in [0.05, 0.1) is 11.9 Å². The summed E-state index contributed by atoms with van der Waals surface area (Å²) < 4.78 is 0. The highest BCUT2D eigenvalue weighted by atomic mass is 16.4. The van der Waals surface area contributed by atoms with Crippen molar-refractivity contribution >= 4 is 6.21 Å². The zero-order valence-corrected chi connectivity index (χ0v) is 7.94. The van der Waals surface area contributed by atoms with Crippen LogP contribution in [0, 0.1) is 0 Å². The Bertz CT molecular complexity index is 297. The normalized spacial score (nSPS) is 13.4. The topological polar surface area (TPSA) is 45.5 Å². The molecule has 0 amide bonds. The minimum atomic E-state index is 0.446. The van der Waals surface area contributed by atoms with E-state index in [4.69, 9.17) is 5.21 Å². The van der Waals surface area contributed by atoms with E-state index >= 15 is 0 Å². The summed E-state index contributed by atoms with van der Waals surface area (Å²) in [5.74, 6) is 0.446. The molecule has 1 heterocycles. The van der Waals surface area contributed by atoms with Gasteiger partial charge in [-0.25, -0.2) is 0 Å². The second-order valence-electron chi connectivity index (χ2n) is 3.03. The molecule has 70 valence electrons. The molecule has 0 radical (unpaired) electrons. The second-order valence-corrected chi connectivity index (χ2v) is 3.03. The third-order valence-corrected chi connectivity index (χ3v) is 2.19. The first kappa shape index (κ1) is 9.71. The summed E-state index contributed by atoms with van der Waals surface area (Å²) in [7, 11) is 0. The standard InChI is InChI=1S/C10H14N2O/c1-3-8(2)9-5-4-6-11-10(9)7-12-13/h4-8,13H,3H2,1-2H3/b12-7+. The molecule has 0 bridgehead atoms. The molecule has 3 heteroatoms. The van der Waals surface area contributed by atoms with Gasteiger partial charge in [-0.1, -0.05) is 25.1 Å². The van der Waals surface area contributed by atoms with Crippen LogP contribution in [0.5, 0.6) is 0 Å². The zero-order valence-electron chi connectivity index (χ0n) is 7.94. The van der Waals surface area contributed by atoms with E-state index in [2.05, 4.69) is 24.0 Å². The SMILES string of the molecule is CCC(C)c1cccnc1/C=N/O. The lowest BCUT2D eigenvalue weighted by Gasteiger charge is -2.10. The Kier molecular flexibility index (Phi) is 3.43. The highest BCUT2D eigenvalue weighted by Crippen LogP contribution is 2.19. The molecule has 1 aromatic heterocycles. The Morgan fingerprint density at radius 2 is 2.46 bits per heavy atom. The van der Waals surface area contributed by atoms with E-state index in [1.165, 1.54) is 6.21 Å². The molecule has 0 aliphatic carbocycles. The van der Waals surface area contributed by atoms with Gasteiger partial charge in [0.15, 0.2) is 0 Å². The number of aromatic nitrogens is 1. The monoisotopic (exact) mass is 178 g/mol. The van der Waals surface area contributed by atoms with Crippen LogP contribution < -0.4 is 0 Å². The molecule has 1 unspecified atom stereocenters. The molecule has 0 aliphatic heterocycles. The van der Waals surface area contributed by atoms with Gasteiger partial charge in [0.2, 0.25) is 0 Å². The van der Waals surface area contributed by atoms with Crippen molar-refractivity contribution in [1.82, 2.24) is 4.98 Å². The number of hydrogen-bond acceptors (Lipinski definition) is 3. The van der Waals surface area contributed by atoms with Gasteiger partial charge in [-0.3, -0.25) is 4.98 Å². The summed E-state index contributed by atoms with van der Waals surface area (Å²) in [5.41, 5.74) is 1.88. The first-order valence-electron chi connectivity index (χ1n) is 4.42. The summed E-state index contributed by atoms with van der Waals surface area (Å²) >= 11 is 0. The van der Waals surface area contributed by atoms with Crippen molar-refractivity contribution in [2.45, 2.75) is 26.2 Å². The van der Waals surface area contributed by atoms with Gasteiger partial charge in [-0.15, -0.1) is 0 Å². The number of oxime groups is 1. The Morgan fingerprint density at radius 1 is 1.69 bits per heavy atom. The Balaban J connectivity index is 3.04. The average molecular weight is 178 g/mol. The molecule has 0 saturated heterocycles. The maximum Gasteiger partial charge on any atom is 0.0921 e.